The maximum absolute atomic E-state index is 12.3. The number of para-hydroxylation sites is 1. The van der Waals surface area contributed by atoms with Crippen LogP contribution >= 0.6 is 11.3 Å². The zero-order valence-electron chi connectivity index (χ0n) is 12.0. The molecule has 1 aromatic heterocycles. The van der Waals surface area contributed by atoms with Crippen molar-refractivity contribution >= 4 is 27.0 Å². The van der Waals surface area contributed by atoms with Gasteiger partial charge in [-0.2, -0.15) is 0 Å². The number of aromatic nitrogens is 1. The molecule has 9 heteroatoms. The molecular formula is C13H15N3O4S2. The largest absolute Gasteiger partial charge is 0.273 e. The van der Waals surface area contributed by atoms with E-state index in [0.717, 1.165) is 0 Å². The lowest BCUT2D eigenvalue weighted by atomic mass is 10.1. The van der Waals surface area contributed by atoms with Crippen molar-refractivity contribution in [1.82, 2.24) is 9.71 Å². The quantitative estimate of drug-likeness (QED) is 0.642. The zero-order chi connectivity index (χ0) is 16.4. The van der Waals surface area contributed by atoms with Crippen LogP contribution in [-0.2, 0) is 21.3 Å². The van der Waals surface area contributed by atoms with Crippen LogP contribution in [0.4, 0.5) is 5.69 Å². The second-order valence-electron chi connectivity index (χ2n) is 5.21. The topological polar surface area (TPSA) is 102 Å². The van der Waals surface area contributed by atoms with Gasteiger partial charge in [-0.1, -0.05) is 18.2 Å². The van der Waals surface area contributed by atoms with Gasteiger partial charge in [-0.3, -0.25) is 10.1 Å². The summed E-state index contributed by atoms with van der Waals surface area (Å²) in [6, 6.07) is 5.80. The molecule has 0 aliphatic heterocycles. The number of sulfonamides is 1. The van der Waals surface area contributed by atoms with Crippen LogP contribution in [0.15, 0.2) is 35.8 Å². The molecular weight excluding hydrogens is 326 g/mol. The van der Waals surface area contributed by atoms with Crippen molar-refractivity contribution in [3.05, 3.63) is 56.5 Å². The molecule has 0 spiro atoms. The van der Waals surface area contributed by atoms with Crippen molar-refractivity contribution in [2.75, 3.05) is 0 Å². The molecule has 0 atom stereocenters. The molecule has 0 unspecified atom stereocenters. The summed E-state index contributed by atoms with van der Waals surface area (Å²) in [6.45, 7) is 3.39. The highest BCUT2D eigenvalue weighted by Crippen LogP contribution is 2.25. The minimum atomic E-state index is -3.76. The van der Waals surface area contributed by atoms with E-state index in [1.807, 2.05) is 0 Å². The lowest BCUT2D eigenvalue weighted by Crippen LogP contribution is -2.41. The van der Waals surface area contributed by atoms with Gasteiger partial charge < -0.3 is 0 Å². The number of nitro groups is 1. The predicted molar refractivity (Wildman–Crippen MR) is 84.0 cm³/mol. The van der Waals surface area contributed by atoms with Gasteiger partial charge >= 0.3 is 0 Å². The molecule has 1 N–H and O–H groups in total. The van der Waals surface area contributed by atoms with E-state index in [9.17, 15) is 18.5 Å². The predicted octanol–water partition coefficient (Wildman–Crippen LogP) is 2.41. The molecule has 1 aromatic carbocycles. The fourth-order valence-corrected chi connectivity index (χ4v) is 4.40. The Kier molecular flexibility index (Phi) is 4.59. The van der Waals surface area contributed by atoms with Gasteiger partial charge in [0.15, 0.2) is 0 Å². The number of hydrogen-bond donors (Lipinski definition) is 1. The lowest BCUT2D eigenvalue weighted by molar-refractivity contribution is -0.385. The third-order valence-corrected chi connectivity index (χ3v) is 5.52. The van der Waals surface area contributed by atoms with Crippen LogP contribution in [0.25, 0.3) is 0 Å². The molecule has 2 aromatic rings. The SMILES string of the molecule is CC(C)(NS(=O)(=O)Cc1ccccc1[N+](=O)[O-])c1nccs1. The average Bonchev–Trinajstić information content (AvgIpc) is 2.91. The number of rotatable bonds is 6. The Morgan fingerprint density at radius 2 is 2.05 bits per heavy atom. The minimum Gasteiger partial charge on any atom is -0.258 e. The van der Waals surface area contributed by atoms with Crippen molar-refractivity contribution < 1.29 is 13.3 Å². The van der Waals surface area contributed by atoms with Crippen LogP contribution in [0, 0.1) is 10.1 Å². The maximum Gasteiger partial charge on any atom is 0.273 e. The summed E-state index contributed by atoms with van der Waals surface area (Å²) in [5, 5.41) is 13.3. The first-order valence-corrected chi connectivity index (χ1v) is 8.88. The second kappa shape index (κ2) is 6.11. The van der Waals surface area contributed by atoms with Gasteiger partial charge in [0.25, 0.3) is 5.69 Å². The van der Waals surface area contributed by atoms with Crippen molar-refractivity contribution in [3.63, 3.8) is 0 Å². The summed E-state index contributed by atoms with van der Waals surface area (Å²) in [5.74, 6) is -0.459. The first-order chi connectivity index (χ1) is 10.2. The molecule has 0 saturated carbocycles. The minimum absolute atomic E-state index is 0.148. The first-order valence-electron chi connectivity index (χ1n) is 6.35. The van der Waals surface area contributed by atoms with E-state index in [2.05, 4.69) is 9.71 Å². The summed E-state index contributed by atoms with van der Waals surface area (Å²) in [7, 11) is -3.76. The van der Waals surface area contributed by atoms with Crippen LogP contribution in [0.3, 0.4) is 0 Å². The summed E-state index contributed by atoms with van der Waals surface area (Å²) in [5.41, 5.74) is -0.939. The molecule has 0 aliphatic carbocycles. The molecule has 0 bridgehead atoms. The third kappa shape index (κ3) is 3.87. The van der Waals surface area contributed by atoms with Crippen LogP contribution < -0.4 is 4.72 Å². The van der Waals surface area contributed by atoms with Crippen LogP contribution in [0.5, 0.6) is 0 Å². The van der Waals surface area contributed by atoms with Crippen molar-refractivity contribution in [2.24, 2.45) is 0 Å². The Labute approximate surface area is 132 Å². The Morgan fingerprint density at radius 3 is 2.64 bits per heavy atom. The van der Waals surface area contributed by atoms with Crippen molar-refractivity contribution in [3.8, 4) is 0 Å². The van der Waals surface area contributed by atoms with E-state index in [0.29, 0.717) is 5.01 Å². The first kappa shape index (κ1) is 16.5. The zero-order valence-corrected chi connectivity index (χ0v) is 13.6. The standard InChI is InChI=1S/C13H15N3O4S2/c1-13(2,12-14-7-8-21-12)15-22(19,20)9-10-5-3-4-6-11(10)16(17)18/h3-8,15H,9H2,1-2H3. The van der Waals surface area contributed by atoms with E-state index in [-0.39, 0.29) is 11.3 Å². The highest BCUT2D eigenvalue weighted by atomic mass is 32.2. The van der Waals surface area contributed by atoms with Crippen LogP contribution in [0.1, 0.15) is 24.4 Å². The summed E-state index contributed by atoms with van der Waals surface area (Å²) >= 11 is 1.34. The Hall–Kier alpha value is -1.84. The number of nitro benzene ring substituents is 1. The van der Waals surface area contributed by atoms with E-state index >= 15 is 0 Å². The number of thiazole rings is 1. The second-order valence-corrected chi connectivity index (χ2v) is 7.83. The molecule has 0 radical (unpaired) electrons. The number of hydrogen-bond acceptors (Lipinski definition) is 6. The van der Waals surface area contributed by atoms with Crippen LogP contribution in [0.2, 0.25) is 0 Å². The van der Waals surface area contributed by atoms with Gasteiger partial charge in [0.2, 0.25) is 10.0 Å². The third-order valence-electron chi connectivity index (χ3n) is 2.91. The molecule has 7 nitrogen and oxygen atoms in total. The Bertz CT molecular complexity index is 770. The molecule has 0 saturated heterocycles. The Balaban J connectivity index is 2.24. The summed E-state index contributed by atoms with van der Waals surface area (Å²) in [6.07, 6.45) is 1.60. The van der Waals surface area contributed by atoms with Crippen LogP contribution in [-0.4, -0.2) is 18.3 Å². The van der Waals surface area contributed by atoms with Gasteiger partial charge in [0.05, 0.1) is 16.2 Å². The normalized spacial score (nSPS) is 12.3. The fourth-order valence-electron chi connectivity index (χ4n) is 2.02. The average molecular weight is 341 g/mol. The summed E-state index contributed by atoms with van der Waals surface area (Å²) in [4.78, 5) is 14.5. The monoisotopic (exact) mass is 341 g/mol. The molecule has 0 aliphatic rings. The molecule has 1 heterocycles. The number of nitrogens with one attached hydrogen (secondary N) is 1. The molecule has 2 rings (SSSR count). The van der Waals surface area contributed by atoms with Gasteiger partial charge in [-0.05, 0) is 13.8 Å². The van der Waals surface area contributed by atoms with Crippen molar-refractivity contribution in [2.45, 2.75) is 25.1 Å². The van der Waals surface area contributed by atoms with E-state index in [4.69, 9.17) is 0 Å². The van der Waals surface area contributed by atoms with Gasteiger partial charge in [-0.25, -0.2) is 18.1 Å². The molecule has 0 fully saturated rings. The van der Waals surface area contributed by atoms with Gasteiger partial charge in [-0.15, -0.1) is 11.3 Å². The lowest BCUT2D eigenvalue weighted by Gasteiger charge is -2.23. The maximum atomic E-state index is 12.3. The fraction of sp³-hybridized carbons (Fsp3) is 0.308. The van der Waals surface area contributed by atoms with Gasteiger partial charge in [0, 0.05) is 23.2 Å². The Morgan fingerprint density at radius 1 is 1.36 bits per heavy atom. The van der Waals surface area contributed by atoms with E-state index in [1.165, 1.54) is 29.5 Å². The highest BCUT2D eigenvalue weighted by Gasteiger charge is 2.30. The number of nitrogens with zero attached hydrogens (tertiary/aromatic N) is 2. The molecule has 0 amide bonds. The van der Waals surface area contributed by atoms with E-state index in [1.54, 1.807) is 31.5 Å². The highest BCUT2D eigenvalue weighted by molar-refractivity contribution is 7.88. The smallest absolute Gasteiger partial charge is 0.258 e. The summed E-state index contributed by atoms with van der Waals surface area (Å²) < 4.78 is 27.2. The van der Waals surface area contributed by atoms with E-state index < -0.39 is 26.2 Å². The number of benzene rings is 1. The van der Waals surface area contributed by atoms with Gasteiger partial charge in [0.1, 0.15) is 5.01 Å². The molecule has 118 valence electrons. The molecule has 22 heavy (non-hydrogen) atoms. The van der Waals surface area contributed by atoms with Crippen molar-refractivity contribution in [1.29, 1.82) is 0 Å².